The van der Waals surface area contributed by atoms with Crippen molar-refractivity contribution in [1.82, 2.24) is 0 Å². The molecule has 1 atom stereocenters. The summed E-state index contributed by atoms with van der Waals surface area (Å²) in [7, 11) is 2.75. The summed E-state index contributed by atoms with van der Waals surface area (Å²) in [4.78, 5) is 11.1. The summed E-state index contributed by atoms with van der Waals surface area (Å²) < 4.78 is 22.8. The molecule has 0 bridgehead atoms. The Morgan fingerprint density at radius 3 is 2.62 bits per heavy atom. The Labute approximate surface area is 94.2 Å². The fourth-order valence-electron chi connectivity index (χ4n) is 1.44. The topological polar surface area (TPSA) is 35.5 Å². The van der Waals surface area contributed by atoms with Crippen LogP contribution in [0.3, 0.4) is 0 Å². The Morgan fingerprint density at radius 2 is 2.12 bits per heavy atom. The average Bonchev–Trinajstić information content (AvgIpc) is 2.28. The van der Waals surface area contributed by atoms with Crippen LogP contribution in [0, 0.1) is 5.82 Å². The number of rotatable bonds is 4. The van der Waals surface area contributed by atoms with Crippen molar-refractivity contribution in [3.63, 3.8) is 0 Å². The van der Waals surface area contributed by atoms with Crippen molar-refractivity contribution in [3.05, 3.63) is 29.6 Å². The molecule has 0 fully saturated rings. The van der Waals surface area contributed by atoms with Crippen molar-refractivity contribution < 1.29 is 18.7 Å². The molecule has 4 heteroatoms. The number of esters is 1. The van der Waals surface area contributed by atoms with Crippen LogP contribution in [0.25, 0.3) is 0 Å². The summed E-state index contributed by atoms with van der Waals surface area (Å²) in [5.41, 5.74) is 0.753. The zero-order valence-corrected chi connectivity index (χ0v) is 9.62. The van der Waals surface area contributed by atoms with Gasteiger partial charge in [-0.3, -0.25) is 4.79 Å². The number of carbonyl (C=O) groups is 1. The Bertz CT molecular complexity index is 377. The third kappa shape index (κ3) is 2.95. The van der Waals surface area contributed by atoms with Crippen LogP contribution in [0.2, 0.25) is 0 Å². The van der Waals surface area contributed by atoms with Crippen LogP contribution in [0.15, 0.2) is 18.2 Å². The maximum atomic E-state index is 13.4. The van der Waals surface area contributed by atoms with E-state index in [0.717, 1.165) is 5.56 Å². The molecule has 0 N–H and O–H groups in total. The van der Waals surface area contributed by atoms with Gasteiger partial charge in [-0.2, -0.15) is 0 Å². The van der Waals surface area contributed by atoms with E-state index in [1.54, 1.807) is 12.1 Å². The molecular formula is C12H15FO3. The fraction of sp³-hybridized carbons (Fsp3) is 0.417. The van der Waals surface area contributed by atoms with Crippen LogP contribution in [0.1, 0.15) is 24.8 Å². The van der Waals surface area contributed by atoms with Crippen molar-refractivity contribution in [2.75, 3.05) is 14.2 Å². The Hall–Kier alpha value is -1.58. The molecule has 0 aliphatic rings. The summed E-state index contributed by atoms with van der Waals surface area (Å²) in [6.07, 6.45) is 0.238. The molecule has 3 nitrogen and oxygen atoms in total. The monoisotopic (exact) mass is 226 g/mol. The molecule has 0 spiro atoms. The van der Waals surface area contributed by atoms with Crippen LogP contribution < -0.4 is 4.74 Å². The number of ether oxygens (including phenoxy) is 2. The molecule has 1 aromatic rings. The smallest absolute Gasteiger partial charge is 0.306 e. The minimum Gasteiger partial charge on any atom is -0.494 e. The molecular weight excluding hydrogens is 211 g/mol. The highest BCUT2D eigenvalue weighted by molar-refractivity contribution is 5.70. The highest BCUT2D eigenvalue weighted by Crippen LogP contribution is 2.24. The number of methoxy groups -OCH3 is 2. The maximum Gasteiger partial charge on any atom is 0.306 e. The van der Waals surface area contributed by atoms with Crippen molar-refractivity contribution in [2.24, 2.45) is 0 Å². The molecule has 1 unspecified atom stereocenters. The first-order valence-corrected chi connectivity index (χ1v) is 4.98. The van der Waals surface area contributed by atoms with E-state index in [4.69, 9.17) is 4.74 Å². The molecule has 0 aliphatic heterocycles. The van der Waals surface area contributed by atoms with E-state index in [-0.39, 0.29) is 24.1 Å². The first-order chi connectivity index (χ1) is 7.58. The number of benzene rings is 1. The van der Waals surface area contributed by atoms with E-state index in [2.05, 4.69) is 4.74 Å². The van der Waals surface area contributed by atoms with E-state index in [9.17, 15) is 9.18 Å². The quantitative estimate of drug-likeness (QED) is 0.740. The number of hydrogen-bond donors (Lipinski definition) is 0. The summed E-state index contributed by atoms with van der Waals surface area (Å²) in [6.45, 7) is 1.85. The number of hydrogen-bond acceptors (Lipinski definition) is 3. The Kier molecular flexibility index (Phi) is 4.28. The molecule has 0 saturated heterocycles. The average molecular weight is 226 g/mol. The van der Waals surface area contributed by atoms with Crippen LogP contribution >= 0.6 is 0 Å². The lowest BCUT2D eigenvalue weighted by Crippen LogP contribution is -2.06. The van der Waals surface area contributed by atoms with Gasteiger partial charge >= 0.3 is 5.97 Å². The lowest BCUT2D eigenvalue weighted by atomic mass is 9.98. The second kappa shape index (κ2) is 5.49. The lowest BCUT2D eigenvalue weighted by Gasteiger charge is -2.11. The molecule has 0 aromatic heterocycles. The zero-order valence-electron chi connectivity index (χ0n) is 9.62. The van der Waals surface area contributed by atoms with E-state index < -0.39 is 5.82 Å². The minimum absolute atomic E-state index is 0.0761. The summed E-state index contributed by atoms with van der Waals surface area (Å²) in [5, 5.41) is 0. The predicted molar refractivity (Wildman–Crippen MR) is 58.0 cm³/mol. The molecule has 0 saturated carbocycles. The standard InChI is InChI=1S/C12H15FO3/c1-8(6-12(14)16-3)9-4-5-11(15-2)10(13)7-9/h4-5,7-8H,6H2,1-3H3. The van der Waals surface area contributed by atoms with Gasteiger partial charge in [-0.25, -0.2) is 4.39 Å². The van der Waals surface area contributed by atoms with E-state index in [0.29, 0.717) is 0 Å². The van der Waals surface area contributed by atoms with Gasteiger partial charge in [-0.15, -0.1) is 0 Å². The molecule has 16 heavy (non-hydrogen) atoms. The normalized spacial score (nSPS) is 12.0. The lowest BCUT2D eigenvalue weighted by molar-refractivity contribution is -0.140. The van der Waals surface area contributed by atoms with Crippen LogP contribution in [0.5, 0.6) is 5.75 Å². The number of carbonyl (C=O) groups excluding carboxylic acids is 1. The summed E-state index contributed by atoms with van der Waals surface area (Å²) >= 11 is 0. The van der Waals surface area contributed by atoms with E-state index >= 15 is 0 Å². The molecule has 1 aromatic carbocycles. The molecule has 88 valence electrons. The number of halogens is 1. The van der Waals surface area contributed by atoms with Gasteiger partial charge in [0, 0.05) is 0 Å². The van der Waals surface area contributed by atoms with E-state index in [1.807, 2.05) is 6.92 Å². The van der Waals surface area contributed by atoms with Crippen LogP contribution in [-0.2, 0) is 9.53 Å². The van der Waals surface area contributed by atoms with Gasteiger partial charge in [-0.1, -0.05) is 13.0 Å². The second-order valence-electron chi connectivity index (χ2n) is 3.58. The maximum absolute atomic E-state index is 13.4. The fourth-order valence-corrected chi connectivity index (χ4v) is 1.44. The molecule has 0 radical (unpaired) electrons. The van der Waals surface area contributed by atoms with Gasteiger partial charge in [0.05, 0.1) is 20.6 Å². The largest absolute Gasteiger partial charge is 0.494 e. The van der Waals surface area contributed by atoms with Gasteiger partial charge in [0.15, 0.2) is 11.6 Å². The van der Waals surface area contributed by atoms with Crippen molar-refractivity contribution in [1.29, 1.82) is 0 Å². The molecule has 0 heterocycles. The van der Waals surface area contributed by atoms with Gasteiger partial charge in [0.2, 0.25) is 0 Å². The molecule has 1 rings (SSSR count). The van der Waals surface area contributed by atoms with Crippen molar-refractivity contribution in [2.45, 2.75) is 19.3 Å². The third-order valence-corrected chi connectivity index (χ3v) is 2.45. The van der Waals surface area contributed by atoms with Gasteiger partial charge in [0.25, 0.3) is 0 Å². The van der Waals surface area contributed by atoms with Crippen LogP contribution in [0.4, 0.5) is 4.39 Å². The van der Waals surface area contributed by atoms with Gasteiger partial charge in [-0.05, 0) is 23.6 Å². The minimum atomic E-state index is -0.420. The predicted octanol–water partition coefficient (Wildman–Crippen LogP) is 2.50. The SMILES string of the molecule is COC(=O)CC(C)c1ccc(OC)c(F)c1. The highest BCUT2D eigenvalue weighted by Gasteiger charge is 2.13. The van der Waals surface area contributed by atoms with Crippen LogP contribution in [-0.4, -0.2) is 20.2 Å². The van der Waals surface area contributed by atoms with Gasteiger partial charge in [0.1, 0.15) is 0 Å². The third-order valence-electron chi connectivity index (χ3n) is 2.45. The summed E-state index contributed by atoms with van der Waals surface area (Å²) in [6, 6.07) is 4.68. The Morgan fingerprint density at radius 1 is 1.44 bits per heavy atom. The summed E-state index contributed by atoms with van der Waals surface area (Å²) in [5.74, 6) is -0.595. The first kappa shape index (κ1) is 12.5. The zero-order chi connectivity index (χ0) is 12.1. The molecule has 0 aliphatic carbocycles. The van der Waals surface area contributed by atoms with Crippen molar-refractivity contribution in [3.8, 4) is 5.75 Å². The molecule has 0 amide bonds. The second-order valence-corrected chi connectivity index (χ2v) is 3.58. The first-order valence-electron chi connectivity index (χ1n) is 4.98. The van der Waals surface area contributed by atoms with Crippen molar-refractivity contribution >= 4 is 5.97 Å². The van der Waals surface area contributed by atoms with E-state index in [1.165, 1.54) is 20.3 Å². The highest BCUT2D eigenvalue weighted by atomic mass is 19.1. The van der Waals surface area contributed by atoms with Gasteiger partial charge < -0.3 is 9.47 Å². The Balaban J connectivity index is 2.80.